The van der Waals surface area contributed by atoms with Crippen molar-refractivity contribution in [3.05, 3.63) is 118 Å². The Morgan fingerprint density at radius 2 is 1.73 bits per heavy atom. The highest BCUT2D eigenvalue weighted by Crippen LogP contribution is 2.41. The molecule has 368 valence electrons. The summed E-state index contributed by atoms with van der Waals surface area (Å²) in [6, 6.07) is 10.6. The maximum absolute atomic E-state index is 15.7. The van der Waals surface area contributed by atoms with Crippen molar-refractivity contribution in [3.63, 3.8) is 0 Å². The molecule has 2 aliphatic heterocycles. The molecule has 0 radical (unpaired) electrons. The number of hydrogen-bond donors (Lipinski definition) is 4. The maximum Gasteiger partial charge on any atom is 0.264 e. The minimum atomic E-state index is -0.619. The van der Waals surface area contributed by atoms with E-state index in [-0.39, 0.29) is 90.9 Å². The van der Waals surface area contributed by atoms with E-state index in [1.165, 1.54) is 23.5 Å². The lowest BCUT2D eigenvalue weighted by Crippen LogP contribution is -2.51. The number of nitrogens with one attached hydrogen (secondary N) is 3. The number of aromatic nitrogens is 6. The Balaban J connectivity index is 0.727. The summed E-state index contributed by atoms with van der Waals surface area (Å²) in [7, 11) is 1.63. The monoisotopic (exact) mass is 982 g/mol. The third-order valence-corrected chi connectivity index (χ3v) is 15.0. The number of ketones is 1. The van der Waals surface area contributed by atoms with Gasteiger partial charge in [0.2, 0.25) is 11.7 Å². The highest BCUT2D eigenvalue weighted by atomic mass is 32.1. The second-order valence-corrected chi connectivity index (χ2v) is 19.5. The number of halogens is 1. The Hall–Kier alpha value is -7.48. The fourth-order valence-corrected chi connectivity index (χ4v) is 10.9. The Morgan fingerprint density at radius 3 is 2.46 bits per heavy atom. The van der Waals surface area contributed by atoms with E-state index in [2.05, 4.69) is 25.8 Å². The lowest BCUT2D eigenvalue weighted by molar-refractivity contribution is -0.137. The van der Waals surface area contributed by atoms with Crippen LogP contribution in [0.5, 0.6) is 5.75 Å². The summed E-state index contributed by atoms with van der Waals surface area (Å²) < 4.78 is 23.5. The summed E-state index contributed by atoms with van der Waals surface area (Å²) in [5.41, 5.74) is 9.87. The standard InChI is InChI=1S/C51H55FN12O6S/c1-54-39(46(53)67)23-36(30-7-3-2-4-8-30)51(69)63-16-6-11-42(63)49-60-41(29-71-49)45(66)32-9-5-10-35(21-32)70-28-44(65)61-17-19-62(20-18-61)50(68)33-14-15-38(37(52)22-33)58-47-48-55-26-43(34-24-56-57-25-34)64(48)27-40(59-47)31-12-13-31/h5,9-10,14-15,21-27,29-31,36,42,54H,2-4,6-8,11-13,16-20,28H2,1H3,(H2,53,67)(H,56,57)(H,58,59)/t36-,42+/m1/s1. The third kappa shape index (κ3) is 10.1. The second kappa shape index (κ2) is 20.5. The molecular weight excluding hydrogens is 928 g/mol. The van der Waals surface area contributed by atoms with Crippen LogP contribution in [0.2, 0.25) is 0 Å². The van der Waals surface area contributed by atoms with Gasteiger partial charge in [0.15, 0.2) is 18.1 Å². The van der Waals surface area contributed by atoms with Gasteiger partial charge in [-0.25, -0.2) is 19.3 Å². The van der Waals surface area contributed by atoms with Crippen LogP contribution in [0, 0.1) is 17.7 Å². The summed E-state index contributed by atoms with van der Waals surface area (Å²) >= 11 is 1.34. The van der Waals surface area contributed by atoms with E-state index in [1.807, 2.05) is 15.5 Å². The van der Waals surface area contributed by atoms with Crippen LogP contribution in [0.4, 0.5) is 15.9 Å². The molecule has 18 nitrogen and oxygen atoms in total. The summed E-state index contributed by atoms with van der Waals surface area (Å²) in [6.07, 6.45) is 17.4. The van der Waals surface area contributed by atoms with Crippen molar-refractivity contribution in [3.8, 4) is 17.0 Å². The number of likely N-dealkylation sites (N-methyl/N-ethyl adjacent to an activating group) is 1. The zero-order chi connectivity index (χ0) is 49.2. The largest absolute Gasteiger partial charge is 0.484 e. The molecule has 2 aromatic carbocycles. The molecule has 10 rings (SSSR count). The van der Waals surface area contributed by atoms with Gasteiger partial charge in [0.1, 0.15) is 22.3 Å². The van der Waals surface area contributed by atoms with Gasteiger partial charge < -0.3 is 35.8 Å². The molecule has 4 aromatic heterocycles. The van der Waals surface area contributed by atoms with Crippen LogP contribution in [-0.4, -0.2) is 120 Å². The molecular formula is C51H55FN12O6S. The number of thiazole rings is 1. The number of imidazole rings is 1. The van der Waals surface area contributed by atoms with Crippen LogP contribution in [0.1, 0.15) is 107 Å². The van der Waals surface area contributed by atoms with Crippen molar-refractivity contribution in [2.75, 3.05) is 51.7 Å². The van der Waals surface area contributed by atoms with Gasteiger partial charge in [-0.2, -0.15) is 5.10 Å². The van der Waals surface area contributed by atoms with Gasteiger partial charge in [-0.05, 0) is 80.9 Å². The first-order valence-electron chi connectivity index (χ1n) is 24.3. The topological polar surface area (TPSA) is 226 Å². The lowest BCUT2D eigenvalue weighted by atomic mass is 9.78. The molecule has 2 saturated heterocycles. The fourth-order valence-electron chi connectivity index (χ4n) is 10.00. The van der Waals surface area contributed by atoms with Crippen molar-refractivity contribution < 1.29 is 33.1 Å². The predicted molar refractivity (Wildman–Crippen MR) is 262 cm³/mol. The average molecular weight is 983 g/mol. The number of carbonyl (C=O) groups is 5. The number of carbonyl (C=O) groups excluding carboxylic acids is 5. The molecule has 71 heavy (non-hydrogen) atoms. The van der Waals surface area contributed by atoms with Crippen molar-refractivity contribution in [2.24, 2.45) is 17.6 Å². The van der Waals surface area contributed by atoms with Crippen LogP contribution < -0.4 is 21.1 Å². The van der Waals surface area contributed by atoms with E-state index in [4.69, 9.17) is 20.4 Å². The number of rotatable bonds is 16. The molecule has 0 spiro atoms. The summed E-state index contributed by atoms with van der Waals surface area (Å²) in [4.78, 5) is 86.3. The Kier molecular flexibility index (Phi) is 13.6. The minimum Gasteiger partial charge on any atom is -0.484 e. The molecule has 6 heterocycles. The molecule has 2 aliphatic carbocycles. The predicted octanol–water partition coefficient (Wildman–Crippen LogP) is 6.38. The number of anilines is 2. The zero-order valence-electron chi connectivity index (χ0n) is 39.3. The van der Waals surface area contributed by atoms with Crippen molar-refractivity contribution >= 4 is 57.9 Å². The number of nitrogens with two attached hydrogens (primary N) is 1. The maximum atomic E-state index is 15.7. The smallest absolute Gasteiger partial charge is 0.264 e. The first kappa shape index (κ1) is 47.2. The molecule has 4 aliphatic rings. The summed E-state index contributed by atoms with van der Waals surface area (Å²) in [5.74, 6) is -1.57. The number of primary amides is 1. The van der Waals surface area contributed by atoms with Gasteiger partial charge in [0.25, 0.3) is 17.7 Å². The quantitative estimate of drug-likeness (QED) is 0.0613. The summed E-state index contributed by atoms with van der Waals surface area (Å²) in [6.45, 7) is 1.29. The van der Waals surface area contributed by atoms with E-state index in [0.717, 1.165) is 68.3 Å². The highest BCUT2D eigenvalue weighted by Gasteiger charge is 2.39. The molecule has 20 heteroatoms. The molecule has 0 unspecified atom stereocenters. The molecule has 5 N–H and O–H groups in total. The molecule has 0 bridgehead atoms. The van der Waals surface area contributed by atoms with Crippen LogP contribution >= 0.6 is 11.3 Å². The number of benzene rings is 2. The van der Waals surface area contributed by atoms with Gasteiger partial charge >= 0.3 is 0 Å². The number of nitrogens with zero attached hydrogens (tertiary/aromatic N) is 8. The van der Waals surface area contributed by atoms with Gasteiger partial charge in [0.05, 0.1) is 47.1 Å². The summed E-state index contributed by atoms with van der Waals surface area (Å²) in [5, 5.41) is 15.3. The highest BCUT2D eigenvalue weighted by molar-refractivity contribution is 7.10. The number of piperazine rings is 1. The minimum absolute atomic E-state index is 0.0549. The molecule has 4 fully saturated rings. The van der Waals surface area contributed by atoms with Gasteiger partial charge in [-0.3, -0.25) is 33.5 Å². The Labute approximate surface area is 412 Å². The SMILES string of the molecule is CNC(=C[C@@H](C(=O)N1CCC[C@H]1c1nc(C(=O)c2cccc(OCC(=O)N3CCN(C(=O)c4ccc(Nc5nc(C6CC6)cn6c(-c7cn[nH]c7)cnc56)c(F)c4)CC3)c2)cs1)C1CCCCC1)C(N)=O. The van der Waals surface area contributed by atoms with E-state index >= 15 is 4.39 Å². The number of hydrogen-bond acceptors (Lipinski definition) is 13. The third-order valence-electron chi connectivity index (χ3n) is 14.0. The zero-order valence-corrected chi connectivity index (χ0v) is 40.1. The number of likely N-dealkylation sites (tertiary alicyclic amines) is 1. The molecule has 6 aromatic rings. The van der Waals surface area contributed by atoms with E-state index in [0.29, 0.717) is 46.7 Å². The van der Waals surface area contributed by atoms with Gasteiger partial charge in [-0.15, -0.1) is 11.3 Å². The Bertz CT molecular complexity index is 3010. The number of ether oxygens (including phenoxy) is 1. The number of aromatic amines is 1. The first-order valence-corrected chi connectivity index (χ1v) is 25.1. The fraction of sp³-hybridized carbons (Fsp3) is 0.392. The number of H-pyrrole nitrogens is 1. The normalized spacial score (nSPS) is 18.1. The van der Waals surface area contributed by atoms with Gasteiger partial charge in [0, 0.05) is 80.2 Å². The molecule has 4 amide bonds. The number of amides is 4. The molecule has 2 saturated carbocycles. The van der Waals surface area contributed by atoms with E-state index < -0.39 is 17.6 Å². The second-order valence-electron chi connectivity index (χ2n) is 18.6. The molecule has 2 atom stereocenters. The average Bonchev–Trinajstić information content (AvgIpc) is 3.83. The van der Waals surface area contributed by atoms with Crippen molar-refractivity contribution in [2.45, 2.75) is 69.7 Å². The van der Waals surface area contributed by atoms with Crippen LogP contribution in [0.25, 0.3) is 16.9 Å². The number of fused-ring (bicyclic) bond motifs is 1. The van der Waals surface area contributed by atoms with Crippen molar-refractivity contribution in [1.29, 1.82) is 0 Å². The van der Waals surface area contributed by atoms with E-state index in [9.17, 15) is 24.0 Å². The van der Waals surface area contributed by atoms with Crippen molar-refractivity contribution in [1.82, 2.24) is 49.6 Å². The van der Waals surface area contributed by atoms with Crippen LogP contribution in [0.15, 0.2) is 84.4 Å². The van der Waals surface area contributed by atoms with Crippen LogP contribution in [0.3, 0.4) is 0 Å². The Morgan fingerprint density at radius 1 is 0.930 bits per heavy atom. The van der Waals surface area contributed by atoms with E-state index in [1.54, 1.807) is 77.2 Å². The van der Waals surface area contributed by atoms with Crippen LogP contribution in [-0.2, 0) is 14.4 Å². The lowest BCUT2D eigenvalue weighted by Gasteiger charge is -2.34. The van der Waals surface area contributed by atoms with Gasteiger partial charge in [-0.1, -0.05) is 31.4 Å². The first-order chi connectivity index (χ1) is 34.5.